The Bertz CT molecular complexity index is 705. The van der Waals surface area contributed by atoms with Crippen molar-refractivity contribution >= 4 is 50.8 Å². The molecule has 1 amide bonds. The van der Waals surface area contributed by atoms with Gasteiger partial charge in [-0.15, -0.1) is 23.1 Å². The number of thiophene rings is 1. The molecule has 0 saturated heterocycles. The lowest BCUT2D eigenvalue weighted by molar-refractivity contribution is -0.113. The van der Waals surface area contributed by atoms with E-state index in [1.54, 1.807) is 23.1 Å². The zero-order valence-electron chi connectivity index (χ0n) is 11.9. The number of halogens is 1. The first kappa shape index (κ1) is 14.8. The van der Waals surface area contributed by atoms with E-state index < -0.39 is 0 Å². The first-order chi connectivity index (χ1) is 10.7. The van der Waals surface area contributed by atoms with Crippen LogP contribution in [0.5, 0.6) is 0 Å². The van der Waals surface area contributed by atoms with Gasteiger partial charge in [0.05, 0.1) is 27.0 Å². The number of anilines is 1. The second-order valence-corrected chi connectivity index (χ2v) is 9.30. The standard InChI is InChI=1S/C15H16BrN3OS2/c16-12-6-5-11(22-12)14-10-7-17-19(9-3-1-2-4-9)15(10)18-13(20)8-21-14/h5-7,9,14H,1-4,8H2,(H,18,20)/t14-/m0/s1. The molecule has 3 heterocycles. The van der Waals surface area contributed by atoms with E-state index in [1.165, 1.54) is 17.7 Å². The third-order valence-electron chi connectivity index (χ3n) is 4.27. The molecule has 4 rings (SSSR count). The van der Waals surface area contributed by atoms with Crippen LogP contribution >= 0.6 is 39.0 Å². The molecular weight excluding hydrogens is 382 g/mol. The monoisotopic (exact) mass is 397 g/mol. The molecule has 4 nitrogen and oxygen atoms in total. The third kappa shape index (κ3) is 2.63. The van der Waals surface area contributed by atoms with Gasteiger partial charge in [-0.3, -0.25) is 4.79 Å². The van der Waals surface area contributed by atoms with E-state index in [2.05, 4.69) is 43.2 Å². The number of amides is 1. The number of hydrogen-bond acceptors (Lipinski definition) is 4. The molecule has 7 heteroatoms. The lowest BCUT2D eigenvalue weighted by atomic mass is 10.2. The summed E-state index contributed by atoms with van der Waals surface area (Å²) < 4.78 is 3.18. The summed E-state index contributed by atoms with van der Waals surface area (Å²) in [4.78, 5) is 13.4. The molecule has 0 bridgehead atoms. The molecule has 1 atom stereocenters. The summed E-state index contributed by atoms with van der Waals surface area (Å²) in [7, 11) is 0. The van der Waals surface area contributed by atoms with Crippen LogP contribution in [0.15, 0.2) is 22.1 Å². The molecule has 1 saturated carbocycles. The fourth-order valence-electron chi connectivity index (χ4n) is 3.24. The minimum atomic E-state index is 0.0733. The molecule has 22 heavy (non-hydrogen) atoms. The van der Waals surface area contributed by atoms with E-state index in [9.17, 15) is 4.79 Å². The number of hydrogen-bond donors (Lipinski definition) is 1. The number of carbonyl (C=O) groups is 1. The summed E-state index contributed by atoms with van der Waals surface area (Å²) in [5.74, 6) is 1.47. The third-order valence-corrected chi connectivity index (χ3v) is 7.38. The molecule has 1 N–H and O–H groups in total. The summed E-state index contributed by atoms with van der Waals surface area (Å²) in [6, 6.07) is 4.64. The van der Waals surface area contributed by atoms with Crippen molar-refractivity contribution in [1.82, 2.24) is 9.78 Å². The number of carbonyl (C=O) groups excluding carboxylic acids is 1. The maximum atomic E-state index is 12.1. The zero-order chi connectivity index (χ0) is 15.1. The van der Waals surface area contributed by atoms with Gasteiger partial charge in [0.1, 0.15) is 5.82 Å². The Hall–Kier alpha value is -0.790. The Labute approximate surface area is 145 Å². The number of rotatable bonds is 2. The highest BCUT2D eigenvalue weighted by atomic mass is 79.9. The Morgan fingerprint density at radius 2 is 2.14 bits per heavy atom. The molecule has 1 aliphatic carbocycles. The fourth-order valence-corrected chi connectivity index (χ4v) is 6.00. The minimum Gasteiger partial charge on any atom is -0.310 e. The Kier molecular flexibility index (Phi) is 4.04. The van der Waals surface area contributed by atoms with Crippen molar-refractivity contribution in [3.8, 4) is 0 Å². The van der Waals surface area contributed by atoms with E-state index in [4.69, 9.17) is 0 Å². The Morgan fingerprint density at radius 3 is 2.86 bits per heavy atom. The number of thioether (sulfide) groups is 1. The first-order valence-corrected chi connectivity index (χ1v) is 10.1. The smallest absolute Gasteiger partial charge is 0.235 e. The Morgan fingerprint density at radius 1 is 1.32 bits per heavy atom. The maximum Gasteiger partial charge on any atom is 0.235 e. The van der Waals surface area contributed by atoms with Crippen LogP contribution in [0.3, 0.4) is 0 Å². The second kappa shape index (κ2) is 6.02. The predicted octanol–water partition coefficient (Wildman–Crippen LogP) is 4.60. The van der Waals surface area contributed by atoms with Gasteiger partial charge in [0.25, 0.3) is 0 Å². The molecule has 0 aromatic carbocycles. The van der Waals surface area contributed by atoms with Crippen LogP contribution in [-0.4, -0.2) is 21.4 Å². The molecule has 0 spiro atoms. The molecule has 0 unspecified atom stereocenters. The number of nitrogens with zero attached hydrogens (tertiary/aromatic N) is 2. The van der Waals surface area contributed by atoms with Crippen LogP contribution in [0.2, 0.25) is 0 Å². The Balaban J connectivity index is 1.77. The van der Waals surface area contributed by atoms with Crippen molar-refractivity contribution in [3.05, 3.63) is 32.6 Å². The first-order valence-electron chi connectivity index (χ1n) is 7.46. The van der Waals surface area contributed by atoms with E-state index in [1.807, 2.05) is 6.20 Å². The molecule has 2 aliphatic rings. The van der Waals surface area contributed by atoms with E-state index >= 15 is 0 Å². The van der Waals surface area contributed by atoms with Gasteiger partial charge in [-0.2, -0.15) is 5.10 Å². The van der Waals surface area contributed by atoms with Crippen molar-refractivity contribution in [3.63, 3.8) is 0 Å². The van der Waals surface area contributed by atoms with Crippen LogP contribution in [-0.2, 0) is 4.79 Å². The van der Waals surface area contributed by atoms with Crippen LogP contribution in [0.4, 0.5) is 5.82 Å². The van der Waals surface area contributed by atoms with Crippen molar-refractivity contribution in [1.29, 1.82) is 0 Å². The molecule has 0 radical (unpaired) electrons. The highest BCUT2D eigenvalue weighted by molar-refractivity contribution is 9.11. The van der Waals surface area contributed by atoms with Gasteiger partial charge < -0.3 is 5.32 Å². The number of nitrogens with one attached hydrogen (secondary N) is 1. The highest BCUT2D eigenvalue weighted by Gasteiger charge is 2.31. The average molecular weight is 398 g/mol. The van der Waals surface area contributed by atoms with Gasteiger partial charge in [0.15, 0.2) is 0 Å². The van der Waals surface area contributed by atoms with Crippen molar-refractivity contribution in [2.75, 3.05) is 11.1 Å². The highest BCUT2D eigenvalue weighted by Crippen LogP contribution is 2.46. The fraction of sp³-hybridized carbons (Fsp3) is 0.467. The lowest BCUT2D eigenvalue weighted by Gasteiger charge is -2.15. The van der Waals surface area contributed by atoms with E-state index in [-0.39, 0.29) is 11.2 Å². The number of fused-ring (bicyclic) bond motifs is 1. The summed E-state index contributed by atoms with van der Waals surface area (Å²) in [6.45, 7) is 0. The van der Waals surface area contributed by atoms with Crippen molar-refractivity contribution < 1.29 is 4.79 Å². The molecule has 2 aromatic heterocycles. The molecule has 1 fully saturated rings. The second-order valence-electron chi connectivity index (χ2n) is 5.71. The molecular formula is C15H16BrN3OS2. The van der Waals surface area contributed by atoms with Gasteiger partial charge >= 0.3 is 0 Å². The topological polar surface area (TPSA) is 46.9 Å². The summed E-state index contributed by atoms with van der Waals surface area (Å²) in [6.07, 6.45) is 6.77. The average Bonchev–Trinajstić information content (AvgIpc) is 3.20. The molecule has 2 aromatic rings. The molecule has 116 valence electrons. The quantitative estimate of drug-likeness (QED) is 0.805. The van der Waals surface area contributed by atoms with Crippen molar-refractivity contribution in [2.45, 2.75) is 37.0 Å². The van der Waals surface area contributed by atoms with Crippen molar-refractivity contribution in [2.24, 2.45) is 0 Å². The van der Waals surface area contributed by atoms with Gasteiger partial charge in [0.2, 0.25) is 5.91 Å². The lowest BCUT2D eigenvalue weighted by Crippen LogP contribution is -2.18. The zero-order valence-corrected chi connectivity index (χ0v) is 15.1. The van der Waals surface area contributed by atoms with Gasteiger partial charge in [0, 0.05) is 10.4 Å². The maximum absolute atomic E-state index is 12.1. The van der Waals surface area contributed by atoms with Gasteiger partial charge in [-0.1, -0.05) is 12.8 Å². The predicted molar refractivity (Wildman–Crippen MR) is 94.7 cm³/mol. The van der Waals surface area contributed by atoms with E-state index in [0.29, 0.717) is 11.8 Å². The van der Waals surface area contributed by atoms with E-state index in [0.717, 1.165) is 28.0 Å². The summed E-state index contributed by atoms with van der Waals surface area (Å²) >= 11 is 6.95. The summed E-state index contributed by atoms with van der Waals surface area (Å²) in [5, 5.41) is 7.89. The minimum absolute atomic E-state index is 0.0733. The van der Waals surface area contributed by atoms with Crippen LogP contribution in [0.1, 0.15) is 47.4 Å². The van der Waals surface area contributed by atoms with Gasteiger partial charge in [-0.05, 0) is 40.9 Å². The number of aromatic nitrogens is 2. The van der Waals surface area contributed by atoms with Gasteiger partial charge in [-0.25, -0.2) is 4.68 Å². The van der Waals surface area contributed by atoms with Crippen LogP contribution in [0, 0.1) is 0 Å². The van der Waals surface area contributed by atoms with Crippen LogP contribution < -0.4 is 5.32 Å². The normalized spacial score (nSPS) is 22.4. The SMILES string of the molecule is O=C1CS[C@H](c2ccc(Br)s2)c2cnn(C3CCCC3)c2N1. The largest absolute Gasteiger partial charge is 0.310 e. The van der Waals surface area contributed by atoms with Crippen LogP contribution in [0.25, 0.3) is 0 Å². The molecule has 1 aliphatic heterocycles. The summed E-state index contributed by atoms with van der Waals surface area (Å²) in [5.41, 5.74) is 1.14.